The van der Waals surface area contributed by atoms with Gasteiger partial charge in [-0.15, -0.1) is 23.1 Å². The average Bonchev–Trinajstić information content (AvgIpc) is 3.25. The van der Waals surface area contributed by atoms with E-state index in [2.05, 4.69) is 15.5 Å². The van der Waals surface area contributed by atoms with Crippen LogP contribution in [0.3, 0.4) is 0 Å². The molecule has 14 nitrogen and oxygen atoms in total. The fourth-order valence-electron chi connectivity index (χ4n) is 3.45. The van der Waals surface area contributed by atoms with Gasteiger partial charge in [0, 0.05) is 25.2 Å². The Labute approximate surface area is 220 Å². The number of nitrogens with zero attached hydrogens (tertiary/aromatic N) is 3. The Balaban J connectivity index is 1.74. The van der Waals surface area contributed by atoms with Crippen LogP contribution in [-0.4, -0.2) is 89.9 Å². The van der Waals surface area contributed by atoms with E-state index >= 15 is 0 Å². The highest BCUT2D eigenvalue weighted by molar-refractivity contribution is 8.00. The van der Waals surface area contributed by atoms with Crippen molar-refractivity contribution in [1.82, 2.24) is 15.2 Å². The van der Waals surface area contributed by atoms with Crippen molar-refractivity contribution >= 4 is 57.9 Å². The summed E-state index contributed by atoms with van der Waals surface area (Å²) in [5.74, 6) is -1.81. The van der Waals surface area contributed by atoms with Crippen LogP contribution in [0, 0.1) is 0 Å². The zero-order valence-electron chi connectivity index (χ0n) is 20.7. The van der Waals surface area contributed by atoms with Crippen LogP contribution in [0.2, 0.25) is 0 Å². The third-order valence-corrected chi connectivity index (χ3v) is 6.89. The van der Waals surface area contributed by atoms with Crippen LogP contribution in [0.5, 0.6) is 0 Å². The molecule has 3 atom stereocenters. The number of anilines is 1. The first kappa shape index (κ1) is 28.2. The minimum atomic E-state index is -1.28. The molecular formula is C21H27N5O9S2. The lowest BCUT2D eigenvalue weighted by molar-refractivity contribution is -0.169. The van der Waals surface area contributed by atoms with E-state index in [0.717, 1.165) is 11.3 Å². The molecule has 1 aromatic heterocycles. The van der Waals surface area contributed by atoms with E-state index in [1.54, 1.807) is 13.8 Å². The number of esters is 1. The number of amides is 2. The molecule has 2 aliphatic heterocycles. The highest BCUT2D eigenvalue weighted by Gasteiger charge is 2.55. The van der Waals surface area contributed by atoms with Crippen LogP contribution in [0.4, 0.5) is 9.93 Å². The normalized spacial score (nSPS) is 20.1. The van der Waals surface area contributed by atoms with Crippen molar-refractivity contribution in [3.05, 3.63) is 22.3 Å². The van der Waals surface area contributed by atoms with E-state index in [1.165, 1.54) is 43.2 Å². The molecule has 37 heavy (non-hydrogen) atoms. The van der Waals surface area contributed by atoms with E-state index in [4.69, 9.17) is 29.5 Å². The number of nitrogens with one attached hydrogen (secondary N) is 1. The lowest BCUT2D eigenvalue weighted by Crippen LogP contribution is -2.71. The number of rotatable bonds is 10. The molecule has 0 aliphatic carbocycles. The number of carbonyl (C=O) groups is 4. The van der Waals surface area contributed by atoms with Gasteiger partial charge in [-0.3, -0.25) is 14.5 Å². The minimum absolute atomic E-state index is 0.0353. The summed E-state index contributed by atoms with van der Waals surface area (Å²) in [5, 5.41) is 7.49. The van der Waals surface area contributed by atoms with Crippen LogP contribution < -0.4 is 11.1 Å². The van der Waals surface area contributed by atoms with Crippen molar-refractivity contribution in [2.45, 2.75) is 44.6 Å². The van der Waals surface area contributed by atoms with Gasteiger partial charge in [0.25, 0.3) is 11.8 Å². The van der Waals surface area contributed by atoms with Crippen molar-refractivity contribution < 1.29 is 43.0 Å². The van der Waals surface area contributed by atoms with Gasteiger partial charge in [0.05, 0.1) is 12.7 Å². The molecule has 3 heterocycles. The van der Waals surface area contributed by atoms with E-state index in [1.807, 2.05) is 0 Å². The summed E-state index contributed by atoms with van der Waals surface area (Å²) in [6, 6.07) is -0.961. The number of nitrogen functional groups attached to an aromatic ring is 1. The van der Waals surface area contributed by atoms with Gasteiger partial charge in [-0.1, -0.05) is 5.16 Å². The molecule has 0 radical (unpaired) electrons. The molecule has 2 amide bonds. The van der Waals surface area contributed by atoms with Gasteiger partial charge in [-0.05, 0) is 19.4 Å². The number of aromatic nitrogens is 1. The minimum Gasteiger partial charge on any atom is -0.431 e. The van der Waals surface area contributed by atoms with E-state index in [-0.39, 0.29) is 28.8 Å². The van der Waals surface area contributed by atoms with Gasteiger partial charge in [0.1, 0.15) is 29.9 Å². The number of fused-ring (bicyclic) bond motifs is 1. The number of carbonyl (C=O) groups excluding carboxylic acids is 4. The first-order valence-corrected chi connectivity index (χ1v) is 12.9. The molecule has 1 saturated heterocycles. The molecule has 0 bridgehead atoms. The second-order valence-corrected chi connectivity index (χ2v) is 9.94. The molecule has 3 N–H and O–H groups in total. The van der Waals surface area contributed by atoms with Crippen LogP contribution >= 0.6 is 23.1 Å². The Morgan fingerprint density at radius 2 is 1.97 bits per heavy atom. The van der Waals surface area contributed by atoms with Crippen molar-refractivity contribution in [2.24, 2.45) is 5.16 Å². The van der Waals surface area contributed by atoms with Crippen LogP contribution in [0.15, 0.2) is 21.8 Å². The zero-order chi connectivity index (χ0) is 27.3. The Hall–Kier alpha value is -3.37. The number of nitrogens with two attached hydrogens (primary N) is 1. The first-order valence-electron chi connectivity index (χ1n) is 10.9. The number of thioether (sulfide) groups is 1. The molecule has 3 rings (SSSR count). The van der Waals surface area contributed by atoms with Crippen molar-refractivity contribution in [3.8, 4) is 0 Å². The molecule has 1 fully saturated rings. The van der Waals surface area contributed by atoms with E-state index in [9.17, 15) is 19.2 Å². The van der Waals surface area contributed by atoms with Gasteiger partial charge in [-0.2, -0.15) is 0 Å². The Morgan fingerprint density at radius 1 is 1.24 bits per heavy atom. The fraction of sp³-hybridized carbons (Fsp3) is 0.524. The van der Waals surface area contributed by atoms with Gasteiger partial charge in [0.2, 0.25) is 6.29 Å². The maximum absolute atomic E-state index is 13.1. The third-order valence-electron chi connectivity index (χ3n) is 4.88. The largest absolute Gasteiger partial charge is 0.511 e. The second-order valence-electron chi connectivity index (χ2n) is 7.95. The smallest absolute Gasteiger partial charge is 0.431 e. The highest BCUT2D eigenvalue weighted by atomic mass is 32.2. The Bertz CT molecular complexity index is 1120. The number of ether oxygens (including phenoxy) is 4. The number of hydrogen-bond donors (Lipinski definition) is 2. The maximum Gasteiger partial charge on any atom is 0.511 e. The molecule has 2 aliphatic rings. The molecule has 16 heteroatoms. The lowest BCUT2D eigenvalue weighted by Gasteiger charge is -2.49. The SMILES string of the molecule is COCC1=C(C(=O)OC(C)OC(=O)OC(C)C)N2C(=O)C(NC(=O)C(=NOC)c3csc(N)n3)[C@@H]2SC1. The highest BCUT2D eigenvalue weighted by Crippen LogP contribution is 2.41. The molecule has 0 aromatic carbocycles. The number of β-lactam (4-membered cyclic amide) rings is 1. The molecule has 202 valence electrons. The van der Waals surface area contributed by atoms with Crippen molar-refractivity contribution in [1.29, 1.82) is 0 Å². The maximum atomic E-state index is 13.1. The Morgan fingerprint density at radius 3 is 2.57 bits per heavy atom. The summed E-state index contributed by atoms with van der Waals surface area (Å²) in [6.07, 6.45) is -2.71. The van der Waals surface area contributed by atoms with E-state index in [0.29, 0.717) is 11.3 Å². The average molecular weight is 558 g/mol. The van der Waals surface area contributed by atoms with Gasteiger partial charge in [-0.25, -0.2) is 14.6 Å². The van der Waals surface area contributed by atoms with Crippen molar-refractivity contribution in [2.75, 3.05) is 32.3 Å². The van der Waals surface area contributed by atoms with Crippen LogP contribution in [-0.2, 0) is 38.2 Å². The summed E-state index contributed by atoms with van der Waals surface area (Å²) in [4.78, 5) is 60.8. The van der Waals surface area contributed by atoms with E-state index < -0.39 is 47.7 Å². The summed E-state index contributed by atoms with van der Waals surface area (Å²) in [5.41, 5.74) is 6.15. The summed E-state index contributed by atoms with van der Waals surface area (Å²) >= 11 is 2.45. The molecule has 0 saturated carbocycles. The number of thiazole rings is 1. The van der Waals surface area contributed by atoms with Gasteiger partial charge < -0.3 is 34.8 Å². The molecule has 1 aromatic rings. The Kier molecular flexibility index (Phi) is 9.34. The molecule has 0 spiro atoms. The third kappa shape index (κ3) is 6.50. The van der Waals surface area contributed by atoms with Crippen molar-refractivity contribution in [3.63, 3.8) is 0 Å². The summed E-state index contributed by atoms with van der Waals surface area (Å²) in [6.45, 7) is 4.68. The first-order chi connectivity index (χ1) is 17.6. The number of hydrogen-bond acceptors (Lipinski definition) is 14. The summed E-state index contributed by atoms with van der Waals surface area (Å²) in [7, 11) is 2.71. The molecular weight excluding hydrogens is 530 g/mol. The second kappa shape index (κ2) is 12.2. The zero-order valence-corrected chi connectivity index (χ0v) is 22.3. The lowest BCUT2D eigenvalue weighted by atomic mass is 10.0. The number of oxime groups is 1. The number of methoxy groups -OCH3 is 1. The predicted molar refractivity (Wildman–Crippen MR) is 132 cm³/mol. The van der Waals surface area contributed by atoms with Gasteiger partial charge >= 0.3 is 12.1 Å². The fourth-order valence-corrected chi connectivity index (χ4v) is 5.32. The van der Waals surface area contributed by atoms with Gasteiger partial charge in [0.15, 0.2) is 10.8 Å². The van der Waals surface area contributed by atoms with Crippen LogP contribution in [0.25, 0.3) is 0 Å². The molecule has 2 unspecified atom stereocenters. The monoisotopic (exact) mass is 557 g/mol. The van der Waals surface area contributed by atoms with Crippen LogP contribution in [0.1, 0.15) is 26.5 Å². The predicted octanol–water partition coefficient (Wildman–Crippen LogP) is 0.827. The standard InChI is InChI=1S/C21H27N5O9S2/c1-9(2)33-21(30)35-10(3)34-19(29)15-11(6-31-4)7-36-18-14(17(28)26(15)18)24-16(27)13(25-32-5)12-8-37-20(22)23-12/h8-10,14,18H,6-7H2,1-5H3,(H2,22,23)(H,24,27)/t10?,14?,18-/m0/s1. The summed E-state index contributed by atoms with van der Waals surface area (Å²) < 4.78 is 20.2. The topological polar surface area (TPSA) is 181 Å². The quantitative estimate of drug-likeness (QED) is 0.136.